The normalized spacial score (nSPS) is 34.3. The Balaban J connectivity index is 1.21. The standard InChI is InChI=1S/C39H37F2NO8/c1-37-15-14-29-38(2,20-46-36(49-29)24-8-4-5-9-25(24)41)28(37)18-30(48-34(44)21-10-12-23(40)13-11-21)39(3)33(37)32(43)31-27(50-39)17-26(47-35(31)45)22-7-6-16-42-19-22/h4-13,16-17,19,28-30,32-33,36,43H,14-15,18,20H2,1-3H3/t28?,29-,30-,32-,33?,36+,37-,38-,39?/m0/s1. The molecule has 1 saturated heterocycles. The molecule has 2 aromatic heterocycles. The molecule has 0 amide bonds. The van der Waals surface area contributed by atoms with Crippen LogP contribution in [0.2, 0.25) is 0 Å². The van der Waals surface area contributed by atoms with Crippen molar-refractivity contribution in [2.75, 3.05) is 6.61 Å². The quantitative estimate of drug-likeness (QED) is 0.228. The highest BCUT2D eigenvalue weighted by atomic mass is 19.1. The van der Waals surface area contributed by atoms with Gasteiger partial charge in [-0.1, -0.05) is 32.0 Å². The van der Waals surface area contributed by atoms with E-state index in [0.717, 1.165) is 0 Å². The lowest BCUT2D eigenvalue weighted by Gasteiger charge is -2.67. The van der Waals surface area contributed by atoms with Gasteiger partial charge in [0.25, 0.3) is 0 Å². The molecule has 4 aromatic rings. The van der Waals surface area contributed by atoms with E-state index in [0.29, 0.717) is 30.4 Å². The number of esters is 1. The molecule has 0 radical (unpaired) electrons. The molecule has 1 N–H and O–H groups in total. The summed E-state index contributed by atoms with van der Waals surface area (Å²) < 4.78 is 60.1. The fourth-order valence-corrected chi connectivity index (χ4v) is 9.47. The largest absolute Gasteiger partial charge is 0.482 e. The van der Waals surface area contributed by atoms with Crippen molar-refractivity contribution in [2.45, 2.75) is 70.2 Å². The van der Waals surface area contributed by atoms with E-state index >= 15 is 0 Å². The van der Waals surface area contributed by atoms with Crippen molar-refractivity contribution in [3.05, 3.63) is 118 Å². The fraction of sp³-hybridized carbons (Fsp3) is 0.410. The summed E-state index contributed by atoms with van der Waals surface area (Å²) in [6.45, 7) is 6.15. The molecule has 2 aromatic carbocycles. The molecule has 8 rings (SSSR count). The number of fused-ring (bicyclic) bond motifs is 6. The van der Waals surface area contributed by atoms with Crippen molar-refractivity contribution in [3.8, 4) is 17.1 Å². The van der Waals surface area contributed by atoms with E-state index in [1.165, 1.54) is 30.3 Å². The second-order valence-electron chi connectivity index (χ2n) is 14.7. The van der Waals surface area contributed by atoms with Gasteiger partial charge in [0.15, 0.2) is 6.29 Å². The Morgan fingerprint density at radius 3 is 2.54 bits per heavy atom. The molecule has 11 heteroatoms. The third-order valence-electron chi connectivity index (χ3n) is 11.8. The van der Waals surface area contributed by atoms with E-state index < -0.39 is 64.1 Å². The first-order valence-corrected chi connectivity index (χ1v) is 16.9. The summed E-state index contributed by atoms with van der Waals surface area (Å²) in [5, 5.41) is 12.3. The van der Waals surface area contributed by atoms with Crippen LogP contribution in [-0.2, 0) is 14.2 Å². The zero-order valence-corrected chi connectivity index (χ0v) is 27.8. The molecular weight excluding hydrogens is 648 g/mol. The first-order chi connectivity index (χ1) is 23.9. The number of hydrogen-bond donors (Lipinski definition) is 1. The molecular formula is C39H37F2NO8. The van der Waals surface area contributed by atoms with Crippen LogP contribution in [0.4, 0.5) is 8.78 Å². The molecule has 3 fully saturated rings. The van der Waals surface area contributed by atoms with Crippen LogP contribution in [0, 0.1) is 34.3 Å². The molecule has 3 unspecified atom stereocenters. The lowest BCUT2D eigenvalue weighted by molar-refractivity contribution is -0.330. The van der Waals surface area contributed by atoms with Gasteiger partial charge in [-0.15, -0.1) is 0 Å². The van der Waals surface area contributed by atoms with Gasteiger partial charge in [-0.3, -0.25) is 4.98 Å². The maximum Gasteiger partial charge on any atom is 0.345 e. The van der Waals surface area contributed by atoms with E-state index in [1.54, 1.807) is 48.8 Å². The minimum absolute atomic E-state index is 0.00589. The molecule has 0 spiro atoms. The highest BCUT2D eigenvalue weighted by Gasteiger charge is 2.71. The van der Waals surface area contributed by atoms with Gasteiger partial charge >= 0.3 is 11.6 Å². The average molecular weight is 686 g/mol. The zero-order valence-electron chi connectivity index (χ0n) is 27.8. The number of aliphatic hydroxyl groups is 1. The number of halogens is 2. The van der Waals surface area contributed by atoms with Crippen LogP contribution in [-0.4, -0.2) is 40.5 Å². The number of aliphatic hydroxyl groups excluding tert-OH is 1. The smallest absolute Gasteiger partial charge is 0.345 e. The van der Waals surface area contributed by atoms with E-state index in [9.17, 15) is 23.5 Å². The van der Waals surface area contributed by atoms with Crippen LogP contribution in [0.15, 0.2) is 88.3 Å². The third kappa shape index (κ3) is 5.00. The first-order valence-electron chi connectivity index (χ1n) is 16.9. The Kier molecular flexibility index (Phi) is 7.74. The Labute approximate surface area is 287 Å². The molecule has 4 aliphatic rings. The van der Waals surface area contributed by atoms with Crippen molar-refractivity contribution in [1.29, 1.82) is 0 Å². The highest BCUT2D eigenvalue weighted by molar-refractivity contribution is 5.89. The number of benzene rings is 2. The number of ether oxygens (including phenoxy) is 4. The number of pyridine rings is 1. The minimum Gasteiger partial charge on any atom is -0.482 e. The van der Waals surface area contributed by atoms with Gasteiger partial charge in [0.05, 0.1) is 24.4 Å². The number of aromatic nitrogens is 1. The fourth-order valence-electron chi connectivity index (χ4n) is 9.47. The molecule has 9 atom stereocenters. The molecule has 0 bridgehead atoms. The van der Waals surface area contributed by atoms with Gasteiger partial charge in [0.2, 0.25) is 0 Å². The SMILES string of the molecule is CC12Oc3cc(-c4cccnc4)oc(=O)c3[C@H](O)C1[C@@]1(C)CC[C@@H]3O[C@H](c4ccccc4F)OC[C@@]3(C)C1C[C@@H]2OC(=O)c1ccc(F)cc1. The van der Waals surface area contributed by atoms with E-state index in [-0.39, 0.29) is 41.3 Å². The summed E-state index contributed by atoms with van der Waals surface area (Å²) >= 11 is 0. The van der Waals surface area contributed by atoms with E-state index in [4.69, 9.17) is 23.4 Å². The van der Waals surface area contributed by atoms with Crippen LogP contribution >= 0.6 is 0 Å². The number of rotatable bonds is 4. The van der Waals surface area contributed by atoms with E-state index in [1.807, 2.05) is 6.92 Å². The molecule has 2 aliphatic carbocycles. The van der Waals surface area contributed by atoms with Crippen LogP contribution in [0.1, 0.15) is 73.9 Å². The van der Waals surface area contributed by atoms with Gasteiger partial charge in [0, 0.05) is 40.9 Å². The molecule has 50 heavy (non-hydrogen) atoms. The highest BCUT2D eigenvalue weighted by Crippen LogP contribution is 2.68. The first kappa shape index (κ1) is 32.7. The van der Waals surface area contributed by atoms with Crippen molar-refractivity contribution in [2.24, 2.45) is 22.7 Å². The van der Waals surface area contributed by atoms with Crippen molar-refractivity contribution < 1.29 is 42.0 Å². The Hall–Kier alpha value is -4.45. The van der Waals surface area contributed by atoms with Gasteiger partial charge in [-0.25, -0.2) is 18.4 Å². The van der Waals surface area contributed by atoms with E-state index in [2.05, 4.69) is 18.8 Å². The lowest BCUT2D eigenvalue weighted by Crippen LogP contribution is -2.72. The number of nitrogens with zero attached hydrogens (tertiary/aromatic N) is 1. The van der Waals surface area contributed by atoms with Crippen molar-refractivity contribution in [3.63, 3.8) is 0 Å². The summed E-state index contributed by atoms with van der Waals surface area (Å²) in [6.07, 6.45) is 1.07. The van der Waals surface area contributed by atoms with Gasteiger partial charge in [-0.05, 0) is 80.0 Å². The van der Waals surface area contributed by atoms with Crippen molar-refractivity contribution >= 4 is 5.97 Å². The second-order valence-corrected chi connectivity index (χ2v) is 14.7. The lowest BCUT2D eigenvalue weighted by atomic mass is 9.42. The van der Waals surface area contributed by atoms with Crippen LogP contribution in [0.5, 0.6) is 5.75 Å². The molecule has 4 heterocycles. The maximum absolute atomic E-state index is 14.8. The Bertz CT molecular complexity index is 2010. The maximum atomic E-state index is 14.8. The third-order valence-corrected chi connectivity index (χ3v) is 11.8. The Morgan fingerprint density at radius 2 is 1.80 bits per heavy atom. The van der Waals surface area contributed by atoms with Crippen LogP contribution < -0.4 is 10.4 Å². The predicted molar refractivity (Wildman–Crippen MR) is 175 cm³/mol. The number of hydrogen-bond acceptors (Lipinski definition) is 9. The average Bonchev–Trinajstić information content (AvgIpc) is 3.09. The summed E-state index contributed by atoms with van der Waals surface area (Å²) in [6, 6.07) is 16.5. The minimum atomic E-state index is -1.35. The molecule has 260 valence electrons. The van der Waals surface area contributed by atoms with Crippen molar-refractivity contribution in [1.82, 2.24) is 4.98 Å². The van der Waals surface area contributed by atoms with Gasteiger partial charge < -0.3 is 28.5 Å². The zero-order chi connectivity index (χ0) is 35.0. The van der Waals surface area contributed by atoms with Gasteiger partial charge in [0.1, 0.15) is 40.4 Å². The van der Waals surface area contributed by atoms with Crippen LogP contribution in [0.3, 0.4) is 0 Å². The topological polar surface area (TPSA) is 117 Å². The van der Waals surface area contributed by atoms with Crippen LogP contribution in [0.25, 0.3) is 11.3 Å². The molecule has 9 nitrogen and oxygen atoms in total. The summed E-state index contributed by atoms with van der Waals surface area (Å²) in [5.74, 6) is -2.28. The van der Waals surface area contributed by atoms with Gasteiger partial charge in [-0.2, -0.15) is 0 Å². The second kappa shape index (κ2) is 11.8. The molecule has 2 aliphatic heterocycles. The Morgan fingerprint density at radius 1 is 1.02 bits per heavy atom. The summed E-state index contributed by atoms with van der Waals surface area (Å²) in [4.78, 5) is 31.5. The number of carbonyl (C=O) groups is 1. The summed E-state index contributed by atoms with van der Waals surface area (Å²) in [5.41, 5.74) is -2.39. The predicted octanol–water partition coefficient (Wildman–Crippen LogP) is 6.95. The monoisotopic (exact) mass is 685 g/mol. The summed E-state index contributed by atoms with van der Waals surface area (Å²) in [7, 11) is 0. The molecule has 2 saturated carbocycles. The number of carbonyl (C=O) groups excluding carboxylic acids is 1.